The molecule has 1 aliphatic heterocycles. The van der Waals surface area contributed by atoms with E-state index in [0.717, 1.165) is 32.0 Å². The molecular weight excluding hydrogens is 174 g/mol. The van der Waals surface area contributed by atoms with Crippen LogP contribution in [0.4, 0.5) is 0 Å². The molecule has 0 aromatic carbocycles. The fraction of sp³-hybridized carbons (Fsp3) is 0.727. The van der Waals surface area contributed by atoms with E-state index < -0.39 is 0 Å². The Bertz CT molecular complexity index is 350. The maximum absolute atomic E-state index is 4.75. The Balaban J connectivity index is 2.08. The molecule has 0 amide bonds. The minimum Gasteiger partial charge on any atom is -0.327 e. The van der Waals surface area contributed by atoms with Crippen molar-refractivity contribution in [3.05, 3.63) is 17.2 Å². The van der Waals surface area contributed by atoms with Crippen molar-refractivity contribution in [3.8, 4) is 0 Å². The summed E-state index contributed by atoms with van der Waals surface area (Å²) >= 11 is 0. The first-order chi connectivity index (χ1) is 6.90. The van der Waals surface area contributed by atoms with Gasteiger partial charge < -0.3 is 9.88 Å². The standard InChI is InChI=1S/C11H17N3/c1-2-11-13-9-5-6-12-7-10(9)14(11)8-3-4-8/h8,12H,2-7H2,1H3. The van der Waals surface area contributed by atoms with E-state index >= 15 is 0 Å². The van der Waals surface area contributed by atoms with Crippen LogP contribution in [0.1, 0.15) is 43.0 Å². The number of rotatable bonds is 2. The Hall–Kier alpha value is -0.830. The molecule has 1 N–H and O–H groups in total. The van der Waals surface area contributed by atoms with Crippen molar-refractivity contribution in [2.24, 2.45) is 0 Å². The van der Waals surface area contributed by atoms with Crippen LogP contribution in [0.25, 0.3) is 0 Å². The summed E-state index contributed by atoms with van der Waals surface area (Å²) in [5, 5.41) is 3.44. The quantitative estimate of drug-likeness (QED) is 0.766. The van der Waals surface area contributed by atoms with Gasteiger partial charge in [0.05, 0.1) is 11.4 Å². The highest BCUT2D eigenvalue weighted by molar-refractivity contribution is 5.22. The molecule has 1 aromatic rings. The highest BCUT2D eigenvalue weighted by Crippen LogP contribution is 2.38. The molecule has 0 spiro atoms. The van der Waals surface area contributed by atoms with Gasteiger partial charge in [-0.3, -0.25) is 0 Å². The van der Waals surface area contributed by atoms with E-state index in [4.69, 9.17) is 4.98 Å². The molecule has 1 aliphatic carbocycles. The first-order valence-electron chi connectivity index (χ1n) is 5.69. The first-order valence-corrected chi connectivity index (χ1v) is 5.69. The zero-order valence-corrected chi connectivity index (χ0v) is 8.71. The van der Waals surface area contributed by atoms with Gasteiger partial charge in [0.1, 0.15) is 5.82 Å². The van der Waals surface area contributed by atoms with Crippen LogP contribution >= 0.6 is 0 Å². The van der Waals surface area contributed by atoms with Crippen LogP contribution in [-0.2, 0) is 19.4 Å². The summed E-state index contributed by atoms with van der Waals surface area (Å²) < 4.78 is 2.50. The zero-order chi connectivity index (χ0) is 9.54. The molecular formula is C11H17N3. The van der Waals surface area contributed by atoms with Gasteiger partial charge in [0.15, 0.2) is 0 Å². The highest BCUT2D eigenvalue weighted by Gasteiger charge is 2.30. The molecule has 0 atom stereocenters. The van der Waals surface area contributed by atoms with E-state index in [9.17, 15) is 0 Å². The number of hydrogen-bond acceptors (Lipinski definition) is 2. The van der Waals surface area contributed by atoms with Gasteiger partial charge in [0.2, 0.25) is 0 Å². The SMILES string of the molecule is CCc1nc2c(n1C1CC1)CNCC2. The molecule has 14 heavy (non-hydrogen) atoms. The lowest BCUT2D eigenvalue weighted by atomic mass is 10.2. The summed E-state index contributed by atoms with van der Waals surface area (Å²) in [6.07, 6.45) is 4.90. The smallest absolute Gasteiger partial charge is 0.109 e. The first kappa shape index (κ1) is 8.48. The van der Waals surface area contributed by atoms with Crippen LogP contribution in [0, 0.1) is 0 Å². The van der Waals surface area contributed by atoms with Gasteiger partial charge in [-0.25, -0.2) is 4.98 Å². The van der Waals surface area contributed by atoms with E-state index in [1.807, 2.05) is 0 Å². The summed E-state index contributed by atoms with van der Waals surface area (Å²) in [4.78, 5) is 4.75. The molecule has 0 bridgehead atoms. The summed E-state index contributed by atoms with van der Waals surface area (Å²) in [6.45, 7) is 4.33. The Morgan fingerprint density at radius 2 is 2.36 bits per heavy atom. The molecule has 1 aromatic heterocycles. The lowest BCUT2D eigenvalue weighted by molar-refractivity contribution is 0.575. The molecule has 2 heterocycles. The van der Waals surface area contributed by atoms with E-state index in [0.29, 0.717) is 0 Å². The monoisotopic (exact) mass is 191 g/mol. The van der Waals surface area contributed by atoms with Crippen LogP contribution in [0.3, 0.4) is 0 Å². The van der Waals surface area contributed by atoms with Crippen LogP contribution in [0.2, 0.25) is 0 Å². The minimum absolute atomic E-state index is 0.779. The summed E-state index contributed by atoms with van der Waals surface area (Å²) in [5.41, 5.74) is 2.82. The topological polar surface area (TPSA) is 29.9 Å². The normalized spacial score (nSPS) is 20.9. The van der Waals surface area contributed by atoms with E-state index in [1.165, 1.54) is 30.1 Å². The van der Waals surface area contributed by atoms with Gasteiger partial charge in [-0.15, -0.1) is 0 Å². The molecule has 3 rings (SSSR count). The van der Waals surface area contributed by atoms with Crippen LogP contribution in [0.5, 0.6) is 0 Å². The second-order valence-electron chi connectivity index (χ2n) is 4.30. The average molecular weight is 191 g/mol. The number of aromatic nitrogens is 2. The van der Waals surface area contributed by atoms with Crippen molar-refractivity contribution in [2.75, 3.05) is 6.54 Å². The van der Waals surface area contributed by atoms with Crippen LogP contribution in [-0.4, -0.2) is 16.1 Å². The number of imidazole rings is 1. The van der Waals surface area contributed by atoms with Crippen molar-refractivity contribution in [2.45, 2.75) is 45.2 Å². The zero-order valence-electron chi connectivity index (χ0n) is 8.71. The van der Waals surface area contributed by atoms with E-state index in [2.05, 4.69) is 16.8 Å². The number of nitrogens with one attached hydrogen (secondary N) is 1. The van der Waals surface area contributed by atoms with Crippen molar-refractivity contribution in [3.63, 3.8) is 0 Å². The average Bonchev–Trinajstić information content (AvgIpc) is 2.98. The molecule has 76 valence electrons. The third kappa shape index (κ3) is 1.19. The second kappa shape index (κ2) is 3.09. The van der Waals surface area contributed by atoms with Crippen molar-refractivity contribution >= 4 is 0 Å². The molecule has 1 saturated carbocycles. The highest BCUT2D eigenvalue weighted by atomic mass is 15.2. The fourth-order valence-corrected chi connectivity index (χ4v) is 2.38. The number of hydrogen-bond donors (Lipinski definition) is 1. The fourth-order valence-electron chi connectivity index (χ4n) is 2.38. The van der Waals surface area contributed by atoms with E-state index in [1.54, 1.807) is 0 Å². The van der Waals surface area contributed by atoms with Crippen molar-refractivity contribution < 1.29 is 0 Å². The Labute approximate surface area is 84.5 Å². The maximum atomic E-state index is 4.75. The lowest BCUT2D eigenvalue weighted by Gasteiger charge is -2.15. The summed E-state index contributed by atoms with van der Waals surface area (Å²) in [6, 6.07) is 0.779. The largest absolute Gasteiger partial charge is 0.327 e. The lowest BCUT2D eigenvalue weighted by Crippen LogP contribution is -2.25. The molecule has 0 radical (unpaired) electrons. The molecule has 0 saturated heterocycles. The molecule has 2 aliphatic rings. The van der Waals surface area contributed by atoms with Crippen LogP contribution in [0.15, 0.2) is 0 Å². The summed E-state index contributed by atoms with van der Waals surface area (Å²) in [7, 11) is 0. The van der Waals surface area contributed by atoms with Crippen molar-refractivity contribution in [1.82, 2.24) is 14.9 Å². The van der Waals surface area contributed by atoms with Gasteiger partial charge in [-0.2, -0.15) is 0 Å². The third-order valence-electron chi connectivity index (χ3n) is 3.23. The molecule has 3 nitrogen and oxygen atoms in total. The third-order valence-corrected chi connectivity index (χ3v) is 3.23. The Morgan fingerprint density at radius 1 is 1.50 bits per heavy atom. The summed E-state index contributed by atoms with van der Waals surface area (Å²) in [5.74, 6) is 1.31. The van der Waals surface area contributed by atoms with Gasteiger partial charge in [-0.05, 0) is 12.8 Å². The number of fused-ring (bicyclic) bond motifs is 1. The van der Waals surface area contributed by atoms with Gasteiger partial charge in [0, 0.05) is 32.0 Å². The molecule has 3 heteroatoms. The predicted molar refractivity (Wildman–Crippen MR) is 55.3 cm³/mol. The maximum Gasteiger partial charge on any atom is 0.109 e. The second-order valence-corrected chi connectivity index (χ2v) is 4.30. The Morgan fingerprint density at radius 3 is 3.07 bits per heavy atom. The van der Waals surface area contributed by atoms with Gasteiger partial charge in [0.25, 0.3) is 0 Å². The predicted octanol–water partition coefficient (Wildman–Crippen LogP) is 1.43. The minimum atomic E-state index is 0.779. The van der Waals surface area contributed by atoms with Gasteiger partial charge >= 0.3 is 0 Å². The number of nitrogens with zero attached hydrogens (tertiary/aromatic N) is 2. The number of aryl methyl sites for hydroxylation is 1. The van der Waals surface area contributed by atoms with E-state index in [-0.39, 0.29) is 0 Å². The molecule has 0 unspecified atom stereocenters. The van der Waals surface area contributed by atoms with Crippen LogP contribution < -0.4 is 5.32 Å². The Kier molecular flexibility index (Phi) is 1.87. The molecule has 1 fully saturated rings. The van der Waals surface area contributed by atoms with Crippen molar-refractivity contribution in [1.29, 1.82) is 0 Å². The van der Waals surface area contributed by atoms with Gasteiger partial charge in [-0.1, -0.05) is 6.92 Å².